The molecule has 2 amide bonds. The molecule has 0 aliphatic rings. The number of aryl methyl sites for hydroxylation is 3. The number of nitrogens with one attached hydrogen (secondary N) is 1. The molecular weight excluding hydrogens is 408 g/mol. The Morgan fingerprint density at radius 3 is 2.80 bits per heavy atom. The minimum atomic E-state index is -0.314. The molecule has 0 radical (unpaired) electrons. The molecule has 10 heteroatoms. The van der Waals surface area contributed by atoms with E-state index in [1.807, 2.05) is 13.0 Å². The number of aromatic nitrogens is 4. The summed E-state index contributed by atoms with van der Waals surface area (Å²) in [6.07, 6.45) is 2.94. The number of carbonyl (C=O) groups is 2. The number of halogens is 1. The molecule has 0 bridgehead atoms. The van der Waals surface area contributed by atoms with Crippen molar-refractivity contribution in [3.8, 4) is 0 Å². The molecule has 30 heavy (non-hydrogen) atoms. The number of nitrogens with zero attached hydrogens (tertiary/aromatic N) is 5. The summed E-state index contributed by atoms with van der Waals surface area (Å²) in [7, 11) is 1.71. The van der Waals surface area contributed by atoms with Gasteiger partial charge in [-0.2, -0.15) is 5.10 Å². The van der Waals surface area contributed by atoms with Crippen molar-refractivity contribution in [3.63, 3.8) is 0 Å². The molecule has 3 rings (SSSR count). The van der Waals surface area contributed by atoms with E-state index in [9.17, 15) is 14.4 Å². The van der Waals surface area contributed by atoms with E-state index in [1.54, 1.807) is 26.1 Å². The van der Waals surface area contributed by atoms with Crippen LogP contribution in [0.4, 0.5) is 5.69 Å². The van der Waals surface area contributed by atoms with Gasteiger partial charge >= 0.3 is 0 Å². The summed E-state index contributed by atoms with van der Waals surface area (Å²) in [5.41, 5.74) is 1.72. The average Bonchev–Trinajstić information content (AvgIpc) is 3.10. The van der Waals surface area contributed by atoms with Crippen molar-refractivity contribution in [1.82, 2.24) is 24.2 Å². The number of hydrogen-bond donors (Lipinski definition) is 1. The van der Waals surface area contributed by atoms with Crippen molar-refractivity contribution in [2.75, 3.05) is 18.4 Å². The number of amides is 2. The highest BCUT2D eigenvalue weighted by Crippen LogP contribution is 2.20. The zero-order valence-electron chi connectivity index (χ0n) is 17.1. The predicted molar refractivity (Wildman–Crippen MR) is 114 cm³/mol. The largest absolute Gasteiger partial charge is 0.334 e. The summed E-state index contributed by atoms with van der Waals surface area (Å²) in [6, 6.07) is 5.22. The third-order valence-electron chi connectivity index (χ3n) is 4.83. The normalized spacial score (nSPS) is 10.9. The summed E-state index contributed by atoms with van der Waals surface area (Å²) in [5.74, 6) is -0.542. The lowest BCUT2D eigenvalue weighted by Gasteiger charge is -2.21. The van der Waals surface area contributed by atoms with E-state index < -0.39 is 0 Å². The van der Waals surface area contributed by atoms with Crippen LogP contribution in [0.15, 0.2) is 35.5 Å². The molecule has 0 saturated carbocycles. The molecule has 0 atom stereocenters. The predicted octanol–water partition coefficient (Wildman–Crippen LogP) is 1.97. The van der Waals surface area contributed by atoms with Gasteiger partial charge in [0.1, 0.15) is 5.39 Å². The number of fused-ring (bicyclic) bond motifs is 1. The van der Waals surface area contributed by atoms with Crippen LogP contribution in [0.5, 0.6) is 0 Å². The van der Waals surface area contributed by atoms with E-state index in [0.717, 1.165) is 5.56 Å². The van der Waals surface area contributed by atoms with Gasteiger partial charge in [-0.25, -0.2) is 4.98 Å². The Morgan fingerprint density at radius 2 is 2.07 bits per heavy atom. The second-order valence-electron chi connectivity index (χ2n) is 6.91. The van der Waals surface area contributed by atoms with Crippen LogP contribution in [0.1, 0.15) is 18.9 Å². The van der Waals surface area contributed by atoms with Crippen LogP contribution in [-0.4, -0.2) is 49.1 Å². The van der Waals surface area contributed by atoms with E-state index in [-0.39, 0.29) is 36.9 Å². The SMILES string of the molecule is CCN(CC(=O)Nc1cc(Cl)ccc1C)C(=O)CCn1cnc2c(cnn2C)c1=O. The number of rotatable bonds is 7. The van der Waals surface area contributed by atoms with Crippen LogP contribution in [0.2, 0.25) is 5.02 Å². The van der Waals surface area contributed by atoms with E-state index in [1.165, 1.54) is 26.7 Å². The lowest BCUT2D eigenvalue weighted by atomic mass is 10.2. The lowest BCUT2D eigenvalue weighted by Crippen LogP contribution is -2.38. The van der Waals surface area contributed by atoms with Gasteiger partial charge in [-0.05, 0) is 31.5 Å². The molecule has 0 spiro atoms. The summed E-state index contributed by atoms with van der Waals surface area (Å²) in [4.78, 5) is 43.2. The van der Waals surface area contributed by atoms with E-state index >= 15 is 0 Å². The van der Waals surface area contributed by atoms with Crippen LogP contribution in [0.3, 0.4) is 0 Å². The van der Waals surface area contributed by atoms with Crippen molar-refractivity contribution < 1.29 is 9.59 Å². The number of carbonyl (C=O) groups excluding carboxylic acids is 2. The second kappa shape index (κ2) is 9.08. The standard InChI is InChI=1S/C20H23ClN6O3/c1-4-26(11-17(28)24-16-9-14(21)6-5-13(16)2)18(29)7-8-27-12-22-19-15(20(27)30)10-23-25(19)3/h5-6,9-10,12H,4,7-8,11H2,1-3H3,(H,24,28). The highest BCUT2D eigenvalue weighted by Gasteiger charge is 2.17. The van der Waals surface area contributed by atoms with Crippen LogP contribution in [0.25, 0.3) is 11.0 Å². The third-order valence-corrected chi connectivity index (χ3v) is 5.06. The smallest absolute Gasteiger partial charge is 0.264 e. The third kappa shape index (κ3) is 4.68. The first-order valence-corrected chi connectivity index (χ1v) is 9.89. The molecule has 0 fully saturated rings. The van der Waals surface area contributed by atoms with Gasteiger partial charge in [-0.3, -0.25) is 23.6 Å². The summed E-state index contributed by atoms with van der Waals surface area (Å²) in [6.45, 7) is 4.11. The molecule has 2 aromatic heterocycles. The first kappa shape index (κ1) is 21.5. The molecule has 0 aliphatic heterocycles. The molecule has 0 unspecified atom stereocenters. The van der Waals surface area contributed by atoms with Gasteiger partial charge in [0.2, 0.25) is 11.8 Å². The molecule has 9 nitrogen and oxygen atoms in total. The van der Waals surface area contributed by atoms with Crippen LogP contribution in [-0.2, 0) is 23.2 Å². The van der Waals surface area contributed by atoms with Gasteiger partial charge in [0.05, 0.1) is 19.1 Å². The molecule has 158 valence electrons. The Morgan fingerprint density at radius 1 is 1.30 bits per heavy atom. The van der Waals surface area contributed by atoms with Gasteiger partial charge in [-0.1, -0.05) is 17.7 Å². The average molecular weight is 431 g/mol. The van der Waals surface area contributed by atoms with Crippen molar-refractivity contribution in [1.29, 1.82) is 0 Å². The fraction of sp³-hybridized carbons (Fsp3) is 0.350. The van der Waals surface area contributed by atoms with Gasteiger partial charge in [0.15, 0.2) is 5.65 Å². The molecule has 1 aromatic carbocycles. The molecular formula is C20H23ClN6O3. The van der Waals surface area contributed by atoms with Gasteiger partial charge in [-0.15, -0.1) is 0 Å². The van der Waals surface area contributed by atoms with E-state index in [2.05, 4.69) is 15.4 Å². The van der Waals surface area contributed by atoms with Crippen LogP contribution < -0.4 is 10.9 Å². The van der Waals surface area contributed by atoms with Gasteiger partial charge < -0.3 is 10.2 Å². The number of likely N-dealkylation sites (N-methyl/N-ethyl adjacent to an activating group) is 1. The Kier molecular flexibility index (Phi) is 6.51. The summed E-state index contributed by atoms with van der Waals surface area (Å²) < 4.78 is 2.90. The molecule has 2 heterocycles. The Labute approximate surface area is 178 Å². The highest BCUT2D eigenvalue weighted by atomic mass is 35.5. The Bertz CT molecular complexity index is 1150. The van der Waals surface area contributed by atoms with Crippen molar-refractivity contribution in [2.24, 2.45) is 7.05 Å². The maximum Gasteiger partial charge on any atom is 0.264 e. The topological polar surface area (TPSA) is 102 Å². The molecule has 3 aromatic rings. The second-order valence-corrected chi connectivity index (χ2v) is 7.35. The summed E-state index contributed by atoms with van der Waals surface area (Å²) >= 11 is 5.98. The fourth-order valence-electron chi connectivity index (χ4n) is 3.07. The van der Waals surface area contributed by atoms with Crippen molar-refractivity contribution >= 4 is 40.1 Å². The van der Waals surface area contributed by atoms with E-state index in [0.29, 0.717) is 28.3 Å². The quantitative estimate of drug-likeness (QED) is 0.617. The number of anilines is 1. The van der Waals surface area contributed by atoms with Gasteiger partial charge in [0, 0.05) is 37.3 Å². The minimum Gasteiger partial charge on any atom is -0.334 e. The fourth-order valence-corrected chi connectivity index (χ4v) is 3.24. The maximum absolute atomic E-state index is 12.6. The highest BCUT2D eigenvalue weighted by molar-refractivity contribution is 6.31. The lowest BCUT2D eigenvalue weighted by molar-refractivity contribution is -0.134. The van der Waals surface area contributed by atoms with Gasteiger partial charge in [0.25, 0.3) is 5.56 Å². The van der Waals surface area contributed by atoms with E-state index in [4.69, 9.17) is 11.6 Å². The number of hydrogen-bond acceptors (Lipinski definition) is 5. The van der Waals surface area contributed by atoms with Crippen molar-refractivity contribution in [3.05, 3.63) is 51.7 Å². The molecule has 1 N–H and O–H groups in total. The van der Waals surface area contributed by atoms with Crippen molar-refractivity contribution in [2.45, 2.75) is 26.8 Å². The Balaban J connectivity index is 1.62. The zero-order valence-corrected chi connectivity index (χ0v) is 17.8. The first-order chi connectivity index (χ1) is 14.3. The minimum absolute atomic E-state index is 0.0741. The first-order valence-electron chi connectivity index (χ1n) is 9.51. The summed E-state index contributed by atoms with van der Waals surface area (Å²) in [5, 5.41) is 7.73. The monoisotopic (exact) mass is 430 g/mol. The van der Waals surface area contributed by atoms with Crippen LogP contribution in [0, 0.1) is 6.92 Å². The number of benzene rings is 1. The van der Waals surface area contributed by atoms with Crippen LogP contribution >= 0.6 is 11.6 Å². The zero-order chi connectivity index (χ0) is 21.8. The Hall–Kier alpha value is -3.20. The maximum atomic E-state index is 12.6. The molecule has 0 aliphatic carbocycles. The molecule has 0 saturated heterocycles.